The van der Waals surface area contributed by atoms with Crippen LogP contribution >= 0.6 is 0 Å². The first-order valence-electron chi connectivity index (χ1n) is 12.1. The Balaban J connectivity index is 1.46. The highest BCUT2D eigenvalue weighted by molar-refractivity contribution is 6.07. The summed E-state index contributed by atoms with van der Waals surface area (Å²) in [5.74, 6) is 0.0669. The molecule has 0 radical (unpaired) electrons. The van der Waals surface area contributed by atoms with Crippen LogP contribution < -0.4 is 5.56 Å². The van der Waals surface area contributed by atoms with Gasteiger partial charge in [-0.1, -0.05) is 12.8 Å². The highest BCUT2D eigenvalue weighted by Crippen LogP contribution is 2.34. The zero-order valence-corrected chi connectivity index (χ0v) is 19.6. The first kappa shape index (κ1) is 22.1. The van der Waals surface area contributed by atoms with Crippen LogP contribution in [0, 0.1) is 6.92 Å². The van der Waals surface area contributed by atoms with E-state index in [0.29, 0.717) is 17.0 Å². The van der Waals surface area contributed by atoms with E-state index in [9.17, 15) is 9.59 Å². The Morgan fingerprint density at radius 1 is 1.15 bits per heavy atom. The lowest BCUT2D eigenvalue weighted by molar-refractivity contribution is 0.0623. The highest BCUT2D eigenvalue weighted by atomic mass is 16.5. The highest BCUT2D eigenvalue weighted by Gasteiger charge is 2.25. The number of hydrogen-bond donors (Lipinski definition) is 1. The van der Waals surface area contributed by atoms with E-state index in [1.54, 1.807) is 13.3 Å². The normalized spacial score (nSPS) is 18.1. The number of piperazine rings is 1. The van der Waals surface area contributed by atoms with Gasteiger partial charge in [0, 0.05) is 57.4 Å². The Bertz CT molecular complexity index is 1220. The maximum Gasteiger partial charge on any atom is 0.259 e. The van der Waals surface area contributed by atoms with Crippen LogP contribution in [0.2, 0.25) is 0 Å². The Labute approximate surface area is 193 Å². The van der Waals surface area contributed by atoms with Gasteiger partial charge in [0.05, 0.1) is 28.7 Å². The number of benzene rings is 1. The minimum atomic E-state index is -0.121. The molecule has 2 fully saturated rings. The van der Waals surface area contributed by atoms with Gasteiger partial charge in [0.15, 0.2) is 0 Å². The molecule has 2 aliphatic rings. The molecule has 1 saturated heterocycles. The second kappa shape index (κ2) is 9.27. The predicted molar refractivity (Wildman–Crippen MR) is 129 cm³/mol. The van der Waals surface area contributed by atoms with Crippen LogP contribution in [-0.4, -0.2) is 76.9 Å². The van der Waals surface area contributed by atoms with Crippen molar-refractivity contribution in [1.29, 1.82) is 0 Å². The van der Waals surface area contributed by atoms with Crippen molar-refractivity contribution in [3.05, 3.63) is 39.8 Å². The number of aryl methyl sites for hydroxylation is 1. The van der Waals surface area contributed by atoms with Gasteiger partial charge in [-0.3, -0.25) is 19.2 Å². The third kappa shape index (κ3) is 4.17. The average molecular weight is 452 g/mol. The van der Waals surface area contributed by atoms with Crippen LogP contribution in [0.3, 0.4) is 0 Å². The van der Waals surface area contributed by atoms with Crippen LogP contribution in [-0.2, 0) is 4.74 Å². The van der Waals surface area contributed by atoms with E-state index in [2.05, 4.69) is 15.0 Å². The van der Waals surface area contributed by atoms with Gasteiger partial charge in [-0.2, -0.15) is 5.10 Å². The summed E-state index contributed by atoms with van der Waals surface area (Å²) in [5.41, 5.74) is 3.10. The van der Waals surface area contributed by atoms with E-state index in [-0.39, 0.29) is 11.5 Å². The van der Waals surface area contributed by atoms with Gasteiger partial charge in [0.2, 0.25) is 0 Å². The summed E-state index contributed by atoms with van der Waals surface area (Å²) in [7, 11) is 1.73. The van der Waals surface area contributed by atoms with Crippen molar-refractivity contribution in [2.75, 3.05) is 46.4 Å². The molecule has 0 spiro atoms. The Hall–Kier alpha value is -2.71. The molecule has 1 aliphatic carbocycles. The van der Waals surface area contributed by atoms with Crippen molar-refractivity contribution in [2.45, 2.75) is 45.1 Å². The number of ether oxygens (including phenoxy) is 1. The summed E-state index contributed by atoms with van der Waals surface area (Å²) in [4.78, 5) is 33.6. The van der Waals surface area contributed by atoms with Gasteiger partial charge in [-0.25, -0.2) is 0 Å². The average Bonchev–Trinajstić information content (AvgIpc) is 3.49. The van der Waals surface area contributed by atoms with Crippen molar-refractivity contribution >= 4 is 27.7 Å². The number of nitrogens with zero attached hydrogens (tertiary/aromatic N) is 4. The van der Waals surface area contributed by atoms with Gasteiger partial charge in [0.1, 0.15) is 0 Å². The van der Waals surface area contributed by atoms with E-state index in [4.69, 9.17) is 4.74 Å². The van der Waals surface area contributed by atoms with Crippen LogP contribution in [0.4, 0.5) is 0 Å². The maximum atomic E-state index is 13.5. The van der Waals surface area contributed by atoms with Crippen molar-refractivity contribution in [3.8, 4) is 0 Å². The van der Waals surface area contributed by atoms with Crippen molar-refractivity contribution in [1.82, 2.24) is 24.6 Å². The molecule has 1 N–H and O–H groups in total. The lowest BCUT2D eigenvalue weighted by atomic mass is 10.0. The van der Waals surface area contributed by atoms with Crippen LogP contribution in [0.15, 0.2) is 23.1 Å². The first-order chi connectivity index (χ1) is 16.1. The topological polar surface area (TPSA) is 83.5 Å². The van der Waals surface area contributed by atoms with Gasteiger partial charge < -0.3 is 14.6 Å². The molecule has 0 unspecified atom stereocenters. The zero-order chi connectivity index (χ0) is 22.9. The maximum absolute atomic E-state index is 13.5. The number of fused-ring (bicyclic) bond motifs is 3. The Morgan fingerprint density at radius 2 is 1.91 bits per heavy atom. The number of hydrogen-bond acceptors (Lipinski definition) is 5. The second-order valence-electron chi connectivity index (χ2n) is 9.44. The minimum Gasteiger partial charge on any atom is -0.385 e. The summed E-state index contributed by atoms with van der Waals surface area (Å²) in [6, 6.07) is 4.24. The summed E-state index contributed by atoms with van der Waals surface area (Å²) in [5, 5.41) is 6.10. The number of aromatic amines is 1. The van der Waals surface area contributed by atoms with Crippen molar-refractivity contribution in [2.24, 2.45) is 0 Å². The summed E-state index contributed by atoms with van der Waals surface area (Å²) >= 11 is 0. The number of carbonyl (C=O) groups is 1. The number of pyridine rings is 1. The zero-order valence-electron chi connectivity index (χ0n) is 19.6. The first-order valence-corrected chi connectivity index (χ1v) is 12.1. The molecule has 8 nitrogen and oxygen atoms in total. The number of nitrogens with one attached hydrogen (secondary N) is 1. The number of rotatable bonds is 6. The number of amides is 1. The van der Waals surface area contributed by atoms with Crippen molar-refractivity contribution in [3.63, 3.8) is 0 Å². The Morgan fingerprint density at radius 3 is 2.64 bits per heavy atom. The molecule has 2 aromatic heterocycles. The van der Waals surface area contributed by atoms with E-state index >= 15 is 0 Å². The van der Waals surface area contributed by atoms with Crippen LogP contribution in [0.5, 0.6) is 0 Å². The fourth-order valence-corrected chi connectivity index (χ4v) is 5.43. The fraction of sp³-hybridized carbons (Fsp3) is 0.560. The van der Waals surface area contributed by atoms with Gasteiger partial charge in [-0.05, 0) is 43.9 Å². The molecule has 1 aromatic carbocycles. The lowest BCUT2D eigenvalue weighted by Gasteiger charge is -2.35. The molecular weight excluding hydrogens is 418 g/mol. The Kier molecular flexibility index (Phi) is 6.21. The molecule has 0 atom stereocenters. The molecule has 3 heterocycles. The largest absolute Gasteiger partial charge is 0.385 e. The van der Waals surface area contributed by atoms with E-state index in [0.717, 1.165) is 80.6 Å². The van der Waals surface area contributed by atoms with Crippen LogP contribution in [0.25, 0.3) is 21.8 Å². The summed E-state index contributed by atoms with van der Waals surface area (Å²) in [6.07, 6.45) is 7.23. The van der Waals surface area contributed by atoms with E-state index in [1.165, 1.54) is 12.8 Å². The van der Waals surface area contributed by atoms with Gasteiger partial charge in [0.25, 0.3) is 11.5 Å². The molecule has 1 amide bonds. The molecule has 5 rings (SSSR count). The molecule has 1 saturated carbocycles. The predicted octanol–water partition coefficient (Wildman–Crippen LogP) is 3.10. The molecule has 0 bridgehead atoms. The molecule has 176 valence electrons. The third-order valence-corrected chi connectivity index (χ3v) is 7.29. The van der Waals surface area contributed by atoms with Crippen LogP contribution in [0.1, 0.15) is 54.1 Å². The quantitative estimate of drug-likeness (QED) is 0.583. The van der Waals surface area contributed by atoms with E-state index in [1.807, 2.05) is 28.6 Å². The standard InChI is InChI=1S/C25H33N5O3/c1-17-14-22-20(23-21(24(31)27-22)16-26-30(23)18-6-3-4-7-18)15-19(17)25(32)29-11-9-28(10-12-29)8-5-13-33-2/h14-16,18H,3-13H2,1-2H3,(H,27,31). The fourth-order valence-electron chi connectivity index (χ4n) is 5.43. The molecule has 1 aliphatic heterocycles. The van der Waals surface area contributed by atoms with Crippen molar-refractivity contribution < 1.29 is 9.53 Å². The van der Waals surface area contributed by atoms with E-state index < -0.39 is 0 Å². The number of H-pyrrole nitrogens is 1. The van der Waals surface area contributed by atoms with Gasteiger partial charge in [-0.15, -0.1) is 0 Å². The molecular formula is C25H33N5O3. The monoisotopic (exact) mass is 451 g/mol. The smallest absolute Gasteiger partial charge is 0.259 e. The third-order valence-electron chi connectivity index (χ3n) is 7.29. The second-order valence-corrected chi connectivity index (χ2v) is 9.44. The number of aromatic nitrogens is 3. The lowest BCUT2D eigenvalue weighted by Crippen LogP contribution is -2.49. The summed E-state index contributed by atoms with van der Waals surface area (Å²) < 4.78 is 7.18. The molecule has 8 heteroatoms. The van der Waals surface area contributed by atoms with Gasteiger partial charge >= 0.3 is 0 Å². The number of methoxy groups -OCH3 is 1. The summed E-state index contributed by atoms with van der Waals surface area (Å²) in [6.45, 7) is 6.94. The minimum absolute atomic E-state index is 0.0669. The molecule has 33 heavy (non-hydrogen) atoms. The molecule has 3 aromatic rings. The SMILES string of the molecule is COCCCN1CCN(C(=O)c2cc3c(cc2C)[nH]c(=O)c2cnn(C4CCCC4)c23)CC1. The number of carbonyl (C=O) groups excluding carboxylic acids is 1.